The van der Waals surface area contributed by atoms with Crippen molar-refractivity contribution in [3.05, 3.63) is 150 Å². The predicted molar refractivity (Wildman–Crippen MR) is 243 cm³/mol. The summed E-state index contributed by atoms with van der Waals surface area (Å²) in [6, 6.07) is 38.4. The summed E-state index contributed by atoms with van der Waals surface area (Å²) < 4.78 is 22.2. The second-order valence-electron chi connectivity index (χ2n) is 14.2. The maximum absolute atomic E-state index is 10.0. The lowest BCUT2D eigenvalue weighted by Crippen LogP contribution is -1.91. The van der Waals surface area contributed by atoms with Crippen LogP contribution in [0.15, 0.2) is 121 Å². The minimum Gasteiger partial charge on any atom is -0.497 e. The number of aliphatic hydroxyl groups is 1. The Morgan fingerprint density at radius 2 is 0.800 bits per heavy atom. The Morgan fingerprint density at radius 3 is 1.17 bits per heavy atom. The first-order chi connectivity index (χ1) is 29.5. The van der Waals surface area contributed by atoms with Crippen molar-refractivity contribution >= 4 is 52.4 Å². The average molecular weight is 791 g/mol. The molecule has 0 fully saturated rings. The Labute approximate surface area is 347 Å². The number of rotatable bonds is 10. The number of benzene rings is 4. The number of nitrogens with zero attached hydrogens (tertiary/aromatic N) is 2. The Balaban J connectivity index is 1.48. The maximum atomic E-state index is 10.0. The van der Waals surface area contributed by atoms with E-state index in [0.717, 1.165) is 118 Å². The van der Waals surface area contributed by atoms with E-state index in [1.807, 2.05) is 78.9 Å². The topological polar surface area (TPSA) is 115 Å². The number of nitrogens with one attached hydrogen (secondary N) is 2. The summed E-state index contributed by atoms with van der Waals surface area (Å²) in [4.78, 5) is 18.5. The molecule has 5 heterocycles. The van der Waals surface area contributed by atoms with Crippen LogP contribution in [0.3, 0.4) is 0 Å². The van der Waals surface area contributed by atoms with Gasteiger partial charge in [-0.1, -0.05) is 60.7 Å². The van der Waals surface area contributed by atoms with E-state index in [0.29, 0.717) is 0 Å². The smallest absolute Gasteiger partial charge is 0.118 e. The maximum Gasteiger partial charge on any atom is 0.118 e. The largest absolute Gasteiger partial charge is 0.497 e. The molecule has 3 aromatic heterocycles. The summed E-state index contributed by atoms with van der Waals surface area (Å²) in [6.07, 6.45) is 12.0. The van der Waals surface area contributed by atoms with Crippen LogP contribution in [0.2, 0.25) is 0 Å². The molecule has 0 saturated heterocycles. The molecule has 2 aliphatic rings. The molecule has 9 rings (SSSR count). The van der Waals surface area contributed by atoms with Gasteiger partial charge in [-0.25, -0.2) is 9.97 Å². The fraction of sp³-hybridized carbons (Fsp3) is 0.0980. The second kappa shape index (κ2) is 16.3. The number of aromatic nitrogens is 4. The quantitative estimate of drug-likeness (QED) is 0.126. The van der Waals surface area contributed by atoms with Gasteiger partial charge in [-0.3, -0.25) is 0 Å². The van der Waals surface area contributed by atoms with E-state index < -0.39 is 0 Å². The molecule has 0 aliphatic carbocycles. The van der Waals surface area contributed by atoms with Gasteiger partial charge in [0.1, 0.15) is 23.0 Å². The van der Waals surface area contributed by atoms with Gasteiger partial charge in [0.05, 0.1) is 63.3 Å². The molecule has 60 heavy (non-hydrogen) atoms. The molecule has 0 unspecified atom stereocenters. The van der Waals surface area contributed by atoms with Gasteiger partial charge < -0.3 is 34.0 Å². The normalized spacial score (nSPS) is 11.9. The van der Waals surface area contributed by atoms with Gasteiger partial charge in [0.15, 0.2) is 0 Å². The summed E-state index contributed by atoms with van der Waals surface area (Å²) >= 11 is 0. The van der Waals surface area contributed by atoms with Crippen molar-refractivity contribution in [1.29, 1.82) is 0 Å². The summed E-state index contributed by atoms with van der Waals surface area (Å²) in [5.74, 6) is 3.02. The molecule has 3 N–H and O–H groups in total. The highest BCUT2D eigenvalue weighted by Gasteiger charge is 2.20. The minimum absolute atomic E-state index is 0.123. The first kappa shape index (κ1) is 37.9. The van der Waals surface area contributed by atoms with Crippen molar-refractivity contribution in [2.75, 3.05) is 35.0 Å². The van der Waals surface area contributed by atoms with Crippen LogP contribution in [0.25, 0.3) is 97.0 Å². The number of hydrogen-bond acceptors (Lipinski definition) is 7. The van der Waals surface area contributed by atoms with Crippen LogP contribution in [0, 0.1) is 0 Å². The Bertz CT molecular complexity index is 2980. The fourth-order valence-corrected chi connectivity index (χ4v) is 7.87. The number of ether oxygens (including phenoxy) is 4. The van der Waals surface area contributed by atoms with Crippen molar-refractivity contribution in [2.24, 2.45) is 0 Å². The fourth-order valence-electron chi connectivity index (χ4n) is 7.87. The molecule has 9 heteroatoms. The first-order valence-electron chi connectivity index (χ1n) is 19.5. The Hall–Kier alpha value is -7.62. The third-order valence-electron chi connectivity index (χ3n) is 10.8. The third-order valence-corrected chi connectivity index (χ3v) is 10.8. The van der Waals surface area contributed by atoms with Crippen LogP contribution in [0.1, 0.15) is 28.3 Å². The van der Waals surface area contributed by atoms with Crippen molar-refractivity contribution < 1.29 is 24.1 Å². The summed E-state index contributed by atoms with van der Waals surface area (Å²) in [6.45, 7) is -0.123. The molecule has 7 aromatic rings. The lowest BCUT2D eigenvalue weighted by Gasteiger charge is -2.08. The molecular weight excluding hydrogens is 749 g/mol. The zero-order valence-electron chi connectivity index (χ0n) is 33.6. The number of fused-ring (bicyclic) bond motifs is 8. The predicted octanol–water partition coefficient (Wildman–Crippen LogP) is 11.4. The molecule has 8 bridgehead atoms. The number of hydrogen-bond donors (Lipinski definition) is 3. The minimum atomic E-state index is -0.123. The standard InChI is InChI=1S/C51H42N4O5/c1-57-36-15-7-31(8-16-36)47-40-23-24-41(52-40)48(32-9-17-37(58-2)18-10-32)43-27-28-45(54-43)50(34-13-21-39(60-4)22-14-34)51-35(6-5-29-56)30-46(55-51)49(44-26-25-42(47)53-44)33-11-19-38(59-3)20-12-33/h5-28,30,52,55-56H,29H2,1-4H3/b6-5+,47-40?,47-42?,48-41?,48-43?,49-44?,49-46?,50-45?,51-50?. The average Bonchev–Trinajstić information content (AvgIpc) is 4.14. The van der Waals surface area contributed by atoms with Crippen molar-refractivity contribution in [1.82, 2.24) is 19.9 Å². The Kier molecular flexibility index (Phi) is 10.3. The second-order valence-corrected chi connectivity index (χ2v) is 14.2. The van der Waals surface area contributed by atoms with Gasteiger partial charge in [-0.15, -0.1) is 0 Å². The van der Waals surface area contributed by atoms with Gasteiger partial charge in [0.2, 0.25) is 0 Å². The van der Waals surface area contributed by atoms with E-state index in [1.165, 1.54) is 0 Å². The highest BCUT2D eigenvalue weighted by Crippen LogP contribution is 2.40. The number of H-pyrrole nitrogens is 2. The molecule has 0 amide bonds. The van der Waals surface area contributed by atoms with E-state index in [2.05, 4.69) is 76.7 Å². The van der Waals surface area contributed by atoms with Gasteiger partial charge in [-0.2, -0.15) is 0 Å². The zero-order valence-corrected chi connectivity index (χ0v) is 33.6. The van der Waals surface area contributed by atoms with Gasteiger partial charge in [0, 0.05) is 44.4 Å². The molecule has 0 radical (unpaired) electrons. The molecule has 0 spiro atoms. The van der Waals surface area contributed by atoms with E-state index in [4.69, 9.17) is 28.9 Å². The van der Waals surface area contributed by atoms with Crippen LogP contribution in [0.5, 0.6) is 23.0 Å². The SMILES string of the molecule is COc1ccc(-c2c3nc(c(-c4ccc(OC)cc4)c4cc(/C=C/CO)c([nH]4)c(-c4ccc(OC)cc4)c4nc(c(-c5ccc(OC)cc5)c5ccc2[nH]5)C=C4)C=C3)cc1. The molecule has 4 aromatic carbocycles. The molecule has 0 atom stereocenters. The summed E-state index contributed by atoms with van der Waals surface area (Å²) in [7, 11) is 6.66. The first-order valence-corrected chi connectivity index (χ1v) is 19.5. The van der Waals surface area contributed by atoms with Crippen molar-refractivity contribution in [3.8, 4) is 67.5 Å². The Morgan fingerprint density at radius 1 is 0.450 bits per heavy atom. The van der Waals surface area contributed by atoms with E-state index >= 15 is 0 Å². The third kappa shape index (κ3) is 7.12. The van der Waals surface area contributed by atoms with Gasteiger partial charge in [-0.05, 0) is 113 Å². The van der Waals surface area contributed by atoms with Crippen molar-refractivity contribution in [3.63, 3.8) is 0 Å². The lowest BCUT2D eigenvalue weighted by atomic mass is 10.0. The van der Waals surface area contributed by atoms with Crippen LogP contribution in [-0.4, -0.2) is 60.1 Å². The van der Waals surface area contributed by atoms with Crippen LogP contribution in [-0.2, 0) is 0 Å². The summed E-state index contributed by atoms with van der Waals surface area (Å²) in [5, 5.41) is 10.0. The van der Waals surface area contributed by atoms with Crippen LogP contribution < -0.4 is 18.9 Å². The highest BCUT2D eigenvalue weighted by molar-refractivity contribution is 6.02. The van der Waals surface area contributed by atoms with Crippen LogP contribution >= 0.6 is 0 Å². The summed E-state index contributed by atoms with van der Waals surface area (Å²) in [5.41, 5.74) is 14.8. The number of aliphatic hydroxyl groups excluding tert-OH is 1. The van der Waals surface area contributed by atoms with E-state index in [1.54, 1.807) is 34.5 Å². The molecule has 9 nitrogen and oxygen atoms in total. The van der Waals surface area contributed by atoms with Gasteiger partial charge in [0.25, 0.3) is 0 Å². The van der Waals surface area contributed by atoms with Crippen molar-refractivity contribution in [2.45, 2.75) is 0 Å². The van der Waals surface area contributed by atoms with Crippen LogP contribution in [0.4, 0.5) is 0 Å². The highest BCUT2D eigenvalue weighted by atomic mass is 16.5. The molecule has 0 saturated carbocycles. The lowest BCUT2D eigenvalue weighted by molar-refractivity contribution is 0.343. The molecular formula is C51H42N4O5. The molecule has 2 aliphatic heterocycles. The van der Waals surface area contributed by atoms with E-state index in [-0.39, 0.29) is 6.61 Å². The van der Waals surface area contributed by atoms with Gasteiger partial charge >= 0.3 is 0 Å². The zero-order chi connectivity index (χ0) is 41.2. The number of methoxy groups -OCH3 is 4. The molecule has 296 valence electrons. The monoisotopic (exact) mass is 790 g/mol. The van der Waals surface area contributed by atoms with E-state index in [9.17, 15) is 5.11 Å². The number of aromatic amines is 2.